The van der Waals surface area contributed by atoms with Crippen molar-refractivity contribution in [3.8, 4) is 0 Å². The van der Waals surface area contributed by atoms with Crippen LogP contribution in [0.3, 0.4) is 0 Å². The van der Waals surface area contributed by atoms with Crippen LogP contribution in [-0.4, -0.2) is 49.2 Å². The van der Waals surface area contributed by atoms with Crippen molar-refractivity contribution in [2.75, 3.05) is 26.2 Å². The topological polar surface area (TPSA) is 54.7 Å². The molecule has 2 aromatic rings. The van der Waals surface area contributed by atoms with Gasteiger partial charge in [-0.3, -0.25) is 4.79 Å². The number of rotatable bonds is 8. The Bertz CT molecular complexity index is 870. The number of para-hydroxylation sites is 1. The molecule has 2 saturated carbocycles. The van der Waals surface area contributed by atoms with E-state index in [1.807, 2.05) is 30.3 Å². The molecule has 186 valence electrons. The van der Waals surface area contributed by atoms with Gasteiger partial charge in [0, 0.05) is 31.1 Å². The summed E-state index contributed by atoms with van der Waals surface area (Å²) in [6.07, 6.45) is 16.5. The van der Waals surface area contributed by atoms with Gasteiger partial charge in [-0.05, 0) is 68.9 Å². The quantitative estimate of drug-likeness (QED) is 0.505. The Morgan fingerprint density at radius 3 is 2.44 bits per heavy atom. The minimum Gasteiger partial charge on any atom is -0.451 e. The predicted octanol–water partition coefficient (Wildman–Crippen LogP) is 6.17. The van der Waals surface area contributed by atoms with E-state index in [0.717, 1.165) is 61.9 Å². The molecule has 0 spiro atoms. The number of fused-ring (bicyclic) bond motifs is 1. The maximum atomic E-state index is 12.6. The second kappa shape index (κ2) is 11.7. The van der Waals surface area contributed by atoms with Crippen molar-refractivity contribution in [1.82, 2.24) is 10.2 Å². The Labute approximate surface area is 204 Å². The number of ether oxygens (including phenoxy) is 1. The monoisotopic (exact) mass is 466 g/mol. The molecule has 0 unspecified atom stereocenters. The van der Waals surface area contributed by atoms with E-state index in [1.165, 1.54) is 64.2 Å². The average molecular weight is 467 g/mol. The van der Waals surface area contributed by atoms with Crippen molar-refractivity contribution >= 4 is 16.9 Å². The van der Waals surface area contributed by atoms with E-state index in [0.29, 0.717) is 11.9 Å². The van der Waals surface area contributed by atoms with Crippen molar-refractivity contribution in [2.24, 2.45) is 11.8 Å². The highest BCUT2D eigenvalue weighted by Gasteiger charge is 2.26. The van der Waals surface area contributed by atoms with Crippen molar-refractivity contribution in [3.63, 3.8) is 0 Å². The van der Waals surface area contributed by atoms with Crippen molar-refractivity contribution in [2.45, 2.75) is 89.2 Å². The number of piperidine rings is 1. The molecule has 0 atom stereocenters. The van der Waals surface area contributed by atoms with Gasteiger partial charge in [0.1, 0.15) is 5.58 Å². The maximum absolute atomic E-state index is 12.6. The van der Waals surface area contributed by atoms with Crippen LogP contribution in [0.5, 0.6) is 0 Å². The van der Waals surface area contributed by atoms with Crippen LogP contribution in [0.25, 0.3) is 11.0 Å². The highest BCUT2D eigenvalue weighted by atomic mass is 16.5. The van der Waals surface area contributed by atoms with Crippen LogP contribution >= 0.6 is 0 Å². The molecule has 34 heavy (non-hydrogen) atoms. The van der Waals surface area contributed by atoms with E-state index in [2.05, 4.69) is 10.2 Å². The largest absolute Gasteiger partial charge is 0.451 e. The number of benzene rings is 1. The summed E-state index contributed by atoms with van der Waals surface area (Å²) in [7, 11) is 0. The Hall–Kier alpha value is -1.85. The van der Waals surface area contributed by atoms with E-state index in [1.54, 1.807) is 0 Å². The van der Waals surface area contributed by atoms with Gasteiger partial charge in [0.25, 0.3) is 5.91 Å². The standard InChI is InChI=1S/C29H42N2O3/c32-29(28-21-24-8-4-5-9-27(24)34-28)30-25-14-16-31(17-15-25)18-19-33-26-12-10-23(11-13-26)20-22-6-2-1-3-7-22/h4-5,8-9,21-23,25-26H,1-3,6-7,10-20H2,(H,30,32). The molecular weight excluding hydrogens is 424 g/mol. The summed E-state index contributed by atoms with van der Waals surface area (Å²) in [5, 5.41) is 4.14. The molecule has 3 fully saturated rings. The lowest BCUT2D eigenvalue weighted by molar-refractivity contribution is 0.00191. The number of amides is 1. The van der Waals surface area contributed by atoms with Gasteiger partial charge >= 0.3 is 0 Å². The van der Waals surface area contributed by atoms with Gasteiger partial charge in [0.15, 0.2) is 5.76 Å². The van der Waals surface area contributed by atoms with Gasteiger partial charge in [0.2, 0.25) is 0 Å². The van der Waals surface area contributed by atoms with Crippen LogP contribution in [0.15, 0.2) is 34.7 Å². The lowest BCUT2D eigenvalue weighted by Crippen LogP contribution is -2.45. The number of carbonyl (C=O) groups excluding carboxylic acids is 1. The molecular formula is C29H42N2O3. The second-order valence-electron chi connectivity index (χ2n) is 11.0. The van der Waals surface area contributed by atoms with E-state index in [-0.39, 0.29) is 11.9 Å². The van der Waals surface area contributed by atoms with E-state index in [4.69, 9.17) is 9.15 Å². The first-order valence-electron chi connectivity index (χ1n) is 13.9. The van der Waals surface area contributed by atoms with Gasteiger partial charge in [-0.1, -0.05) is 50.3 Å². The van der Waals surface area contributed by atoms with Gasteiger partial charge in [-0.15, -0.1) is 0 Å². The van der Waals surface area contributed by atoms with Gasteiger partial charge in [-0.25, -0.2) is 0 Å². The second-order valence-corrected chi connectivity index (χ2v) is 11.0. The fourth-order valence-corrected chi connectivity index (χ4v) is 6.43. The molecule has 0 radical (unpaired) electrons. The molecule has 2 heterocycles. The third-order valence-corrected chi connectivity index (χ3v) is 8.52. The number of hydrogen-bond donors (Lipinski definition) is 1. The lowest BCUT2D eigenvalue weighted by atomic mass is 9.77. The first-order valence-corrected chi connectivity index (χ1v) is 13.9. The summed E-state index contributed by atoms with van der Waals surface area (Å²) < 4.78 is 12.0. The third-order valence-electron chi connectivity index (χ3n) is 8.52. The van der Waals surface area contributed by atoms with Crippen LogP contribution < -0.4 is 5.32 Å². The lowest BCUT2D eigenvalue weighted by Gasteiger charge is -2.34. The molecule has 0 bridgehead atoms. The van der Waals surface area contributed by atoms with Gasteiger partial charge < -0.3 is 19.4 Å². The van der Waals surface area contributed by atoms with E-state index < -0.39 is 0 Å². The zero-order valence-corrected chi connectivity index (χ0v) is 20.7. The van der Waals surface area contributed by atoms with Crippen LogP contribution in [-0.2, 0) is 4.74 Å². The highest BCUT2D eigenvalue weighted by molar-refractivity contribution is 5.96. The van der Waals surface area contributed by atoms with Crippen LogP contribution in [0, 0.1) is 11.8 Å². The summed E-state index contributed by atoms with van der Waals surface area (Å²) in [5.74, 6) is 2.28. The number of likely N-dealkylation sites (tertiary alicyclic amines) is 1. The molecule has 1 aromatic carbocycles. The minimum atomic E-state index is -0.0999. The number of carbonyl (C=O) groups is 1. The van der Waals surface area contributed by atoms with Crippen LogP contribution in [0.4, 0.5) is 0 Å². The van der Waals surface area contributed by atoms with Gasteiger partial charge in [0.05, 0.1) is 12.7 Å². The molecule has 3 aliphatic rings. The fourth-order valence-electron chi connectivity index (χ4n) is 6.43. The van der Waals surface area contributed by atoms with Crippen LogP contribution in [0.2, 0.25) is 0 Å². The molecule has 1 aromatic heterocycles. The number of nitrogens with zero attached hydrogens (tertiary/aromatic N) is 1. The molecule has 5 heteroatoms. The molecule has 1 saturated heterocycles. The minimum absolute atomic E-state index is 0.0999. The number of nitrogens with one attached hydrogen (secondary N) is 1. The Morgan fingerprint density at radius 1 is 0.941 bits per heavy atom. The summed E-state index contributed by atoms with van der Waals surface area (Å²) in [6.45, 7) is 3.88. The fraction of sp³-hybridized carbons (Fsp3) is 0.690. The first kappa shape index (κ1) is 23.9. The molecule has 1 N–H and O–H groups in total. The number of hydrogen-bond acceptors (Lipinski definition) is 4. The molecule has 2 aliphatic carbocycles. The number of furan rings is 1. The smallest absolute Gasteiger partial charge is 0.287 e. The first-order chi connectivity index (χ1) is 16.7. The third kappa shape index (κ3) is 6.42. The average Bonchev–Trinajstić information content (AvgIpc) is 3.32. The Kier molecular flexibility index (Phi) is 8.23. The van der Waals surface area contributed by atoms with E-state index in [9.17, 15) is 4.79 Å². The van der Waals surface area contributed by atoms with Crippen LogP contribution in [0.1, 0.15) is 87.6 Å². The summed E-state index contributed by atoms with van der Waals surface area (Å²) in [6, 6.07) is 9.81. The highest BCUT2D eigenvalue weighted by Crippen LogP contribution is 2.35. The summed E-state index contributed by atoms with van der Waals surface area (Å²) in [4.78, 5) is 15.1. The van der Waals surface area contributed by atoms with Gasteiger partial charge in [-0.2, -0.15) is 0 Å². The molecule has 1 amide bonds. The zero-order chi connectivity index (χ0) is 23.2. The van der Waals surface area contributed by atoms with Crippen molar-refractivity contribution < 1.29 is 13.9 Å². The summed E-state index contributed by atoms with van der Waals surface area (Å²) >= 11 is 0. The van der Waals surface area contributed by atoms with E-state index >= 15 is 0 Å². The normalized spacial score (nSPS) is 25.5. The van der Waals surface area contributed by atoms with Crippen molar-refractivity contribution in [1.29, 1.82) is 0 Å². The molecule has 5 nitrogen and oxygen atoms in total. The zero-order valence-electron chi connectivity index (χ0n) is 20.7. The molecule has 5 rings (SSSR count). The Morgan fingerprint density at radius 2 is 1.68 bits per heavy atom. The molecule has 1 aliphatic heterocycles. The summed E-state index contributed by atoms with van der Waals surface area (Å²) in [5.41, 5.74) is 0.764. The maximum Gasteiger partial charge on any atom is 0.287 e. The predicted molar refractivity (Wildman–Crippen MR) is 136 cm³/mol. The Balaban J connectivity index is 0.950. The SMILES string of the molecule is O=C(NC1CCN(CCOC2CCC(CC3CCCCC3)CC2)CC1)c1cc2ccccc2o1. The van der Waals surface area contributed by atoms with Crippen molar-refractivity contribution in [3.05, 3.63) is 36.1 Å².